The third-order valence-corrected chi connectivity index (χ3v) is 4.66. The van der Waals surface area contributed by atoms with E-state index in [1.165, 1.54) is 23.9 Å². The van der Waals surface area contributed by atoms with E-state index in [1.807, 2.05) is 45.0 Å². The lowest BCUT2D eigenvalue weighted by Gasteiger charge is -2.25. The Morgan fingerprint density at radius 2 is 1.88 bits per heavy atom. The highest BCUT2D eigenvalue weighted by molar-refractivity contribution is 7.99. The molecular formula is C18H20N2O4S. The molecule has 0 aromatic heterocycles. The molecule has 0 radical (unpaired) electrons. The Balaban J connectivity index is 0.00000109. The molecule has 1 aliphatic rings. The number of thioether (sulfide) groups is 1. The number of hydrogen-bond acceptors (Lipinski definition) is 5. The molecular weight excluding hydrogens is 340 g/mol. The van der Waals surface area contributed by atoms with Crippen molar-refractivity contribution in [1.29, 1.82) is 0 Å². The van der Waals surface area contributed by atoms with Crippen LogP contribution in [0.4, 0.5) is 5.69 Å². The summed E-state index contributed by atoms with van der Waals surface area (Å²) in [5, 5.41) is 13.5. The van der Waals surface area contributed by atoms with E-state index in [2.05, 4.69) is 5.32 Å². The number of hydrogen-bond donors (Lipinski definition) is 1. The molecule has 1 N–H and O–H groups in total. The number of rotatable bonds is 4. The molecule has 0 aliphatic carbocycles. The van der Waals surface area contributed by atoms with Crippen molar-refractivity contribution in [3.05, 3.63) is 63.7 Å². The molecule has 1 amide bonds. The molecule has 2 aromatic carbocycles. The third-order valence-electron chi connectivity index (χ3n) is 3.42. The van der Waals surface area contributed by atoms with E-state index in [0.29, 0.717) is 12.2 Å². The topological polar surface area (TPSA) is 81.5 Å². The van der Waals surface area contributed by atoms with Gasteiger partial charge in [0.05, 0.1) is 17.1 Å². The van der Waals surface area contributed by atoms with Crippen molar-refractivity contribution in [2.75, 3.05) is 6.61 Å². The smallest absolute Gasteiger partial charge is 0.270 e. The number of ether oxygens (including phenoxy) is 1. The van der Waals surface area contributed by atoms with Gasteiger partial charge < -0.3 is 10.1 Å². The minimum absolute atomic E-state index is 0.0842. The Hall–Kier alpha value is -2.54. The van der Waals surface area contributed by atoms with E-state index in [9.17, 15) is 14.9 Å². The van der Waals surface area contributed by atoms with E-state index < -0.39 is 4.92 Å². The van der Waals surface area contributed by atoms with Gasteiger partial charge in [0.25, 0.3) is 11.6 Å². The van der Waals surface area contributed by atoms with Gasteiger partial charge in [-0.3, -0.25) is 14.9 Å². The lowest BCUT2D eigenvalue weighted by molar-refractivity contribution is -0.384. The molecule has 1 atom stereocenters. The quantitative estimate of drug-likeness (QED) is 0.639. The fourth-order valence-electron chi connectivity index (χ4n) is 2.32. The van der Waals surface area contributed by atoms with Crippen LogP contribution in [-0.4, -0.2) is 17.4 Å². The van der Waals surface area contributed by atoms with Gasteiger partial charge in [0.2, 0.25) is 0 Å². The molecule has 7 heteroatoms. The number of fused-ring (bicyclic) bond motifs is 1. The molecule has 0 saturated heterocycles. The first-order valence-corrected chi connectivity index (χ1v) is 8.95. The normalized spacial score (nSPS) is 15.3. The SMILES string of the molecule is CC.CCOc1ccc(C2NC(=O)c3cc([N+](=O)[O-])ccc3S2)cc1. The second-order valence-electron chi connectivity index (χ2n) is 4.91. The van der Waals surface area contributed by atoms with Gasteiger partial charge in [-0.25, -0.2) is 0 Å². The average Bonchev–Trinajstić information content (AvgIpc) is 2.64. The maximum Gasteiger partial charge on any atom is 0.270 e. The second-order valence-corrected chi connectivity index (χ2v) is 6.06. The molecule has 0 spiro atoms. The first-order chi connectivity index (χ1) is 12.1. The average molecular weight is 360 g/mol. The number of carbonyl (C=O) groups is 1. The summed E-state index contributed by atoms with van der Waals surface area (Å²) >= 11 is 1.46. The minimum Gasteiger partial charge on any atom is -0.494 e. The van der Waals surface area contributed by atoms with Gasteiger partial charge in [-0.05, 0) is 30.7 Å². The molecule has 1 heterocycles. The van der Waals surface area contributed by atoms with Crippen LogP contribution in [0.25, 0.3) is 0 Å². The summed E-state index contributed by atoms with van der Waals surface area (Å²) in [6, 6.07) is 11.9. The Morgan fingerprint density at radius 1 is 1.20 bits per heavy atom. The number of carbonyl (C=O) groups excluding carboxylic acids is 1. The van der Waals surface area contributed by atoms with Crippen molar-refractivity contribution < 1.29 is 14.5 Å². The first kappa shape index (κ1) is 18.8. The zero-order chi connectivity index (χ0) is 18.4. The number of amides is 1. The first-order valence-electron chi connectivity index (χ1n) is 8.07. The standard InChI is InChI=1S/C16H14N2O4S.C2H6/c1-2-22-12-6-3-10(4-7-12)16-17-15(19)13-9-11(18(20)21)5-8-14(13)23-16;1-2/h3-9,16H,2H2,1H3,(H,17,19);1-2H3. The van der Waals surface area contributed by atoms with Crippen LogP contribution in [0.3, 0.4) is 0 Å². The summed E-state index contributed by atoms with van der Waals surface area (Å²) in [7, 11) is 0. The summed E-state index contributed by atoms with van der Waals surface area (Å²) in [5.74, 6) is 0.473. The summed E-state index contributed by atoms with van der Waals surface area (Å²) < 4.78 is 5.40. The molecule has 1 unspecified atom stereocenters. The van der Waals surface area contributed by atoms with Crippen LogP contribution >= 0.6 is 11.8 Å². The monoisotopic (exact) mass is 360 g/mol. The van der Waals surface area contributed by atoms with Crippen molar-refractivity contribution in [1.82, 2.24) is 5.32 Å². The number of nitrogens with zero attached hydrogens (tertiary/aromatic N) is 1. The summed E-state index contributed by atoms with van der Waals surface area (Å²) in [4.78, 5) is 23.3. The largest absolute Gasteiger partial charge is 0.494 e. The molecule has 2 aromatic rings. The molecule has 3 rings (SSSR count). The Bertz CT molecular complexity index is 762. The van der Waals surface area contributed by atoms with Gasteiger partial charge >= 0.3 is 0 Å². The molecule has 132 valence electrons. The molecule has 25 heavy (non-hydrogen) atoms. The van der Waals surface area contributed by atoms with E-state index in [0.717, 1.165) is 16.2 Å². The second kappa shape index (κ2) is 8.53. The van der Waals surface area contributed by atoms with Gasteiger partial charge in [-0.1, -0.05) is 37.7 Å². The molecule has 0 bridgehead atoms. The summed E-state index contributed by atoms with van der Waals surface area (Å²) in [6.45, 7) is 6.52. The van der Waals surface area contributed by atoms with Crippen molar-refractivity contribution in [3.63, 3.8) is 0 Å². The highest BCUT2D eigenvalue weighted by atomic mass is 32.2. The minimum atomic E-state index is -0.503. The van der Waals surface area contributed by atoms with Gasteiger partial charge in [-0.15, -0.1) is 0 Å². The van der Waals surface area contributed by atoms with Crippen molar-refractivity contribution in [3.8, 4) is 5.75 Å². The Kier molecular flexibility index (Phi) is 6.41. The van der Waals surface area contributed by atoms with E-state index in [-0.39, 0.29) is 17.0 Å². The maximum atomic E-state index is 12.2. The maximum absolute atomic E-state index is 12.2. The highest BCUT2D eigenvalue weighted by Gasteiger charge is 2.27. The van der Waals surface area contributed by atoms with Crippen LogP contribution in [0.1, 0.15) is 42.1 Å². The number of benzene rings is 2. The molecule has 0 saturated carbocycles. The van der Waals surface area contributed by atoms with Gasteiger partial charge in [-0.2, -0.15) is 0 Å². The van der Waals surface area contributed by atoms with Crippen molar-refractivity contribution in [2.45, 2.75) is 31.0 Å². The lowest BCUT2D eigenvalue weighted by Crippen LogP contribution is -2.30. The molecule has 6 nitrogen and oxygen atoms in total. The molecule has 1 aliphatic heterocycles. The van der Waals surface area contributed by atoms with Crippen LogP contribution in [0.15, 0.2) is 47.4 Å². The third kappa shape index (κ3) is 4.30. The van der Waals surface area contributed by atoms with Crippen LogP contribution in [0.2, 0.25) is 0 Å². The predicted octanol–water partition coefficient (Wildman–Crippen LogP) is 4.55. The lowest BCUT2D eigenvalue weighted by atomic mass is 10.1. The zero-order valence-corrected chi connectivity index (χ0v) is 15.1. The highest BCUT2D eigenvalue weighted by Crippen LogP contribution is 2.40. The number of non-ortho nitro benzene ring substituents is 1. The van der Waals surface area contributed by atoms with Crippen molar-refractivity contribution in [2.24, 2.45) is 0 Å². The molecule has 0 fully saturated rings. The predicted molar refractivity (Wildman–Crippen MR) is 98.1 cm³/mol. The fraction of sp³-hybridized carbons (Fsp3) is 0.278. The van der Waals surface area contributed by atoms with E-state index in [1.54, 1.807) is 6.07 Å². The van der Waals surface area contributed by atoms with Crippen molar-refractivity contribution >= 4 is 23.4 Å². The Morgan fingerprint density at radius 3 is 2.48 bits per heavy atom. The Labute approximate surface area is 150 Å². The summed E-state index contributed by atoms with van der Waals surface area (Å²) in [5.41, 5.74) is 1.20. The van der Waals surface area contributed by atoms with Gasteiger partial charge in [0.15, 0.2) is 0 Å². The van der Waals surface area contributed by atoms with E-state index in [4.69, 9.17) is 4.74 Å². The number of nitro benzene ring substituents is 1. The fourth-order valence-corrected chi connectivity index (χ4v) is 3.46. The number of nitrogens with one attached hydrogen (secondary N) is 1. The zero-order valence-electron chi connectivity index (χ0n) is 14.3. The van der Waals surface area contributed by atoms with Crippen LogP contribution in [-0.2, 0) is 0 Å². The van der Waals surface area contributed by atoms with Gasteiger partial charge in [0.1, 0.15) is 11.1 Å². The number of nitro groups is 1. The van der Waals surface area contributed by atoms with Gasteiger partial charge in [0, 0.05) is 17.0 Å². The van der Waals surface area contributed by atoms with Crippen LogP contribution in [0.5, 0.6) is 5.75 Å². The van der Waals surface area contributed by atoms with Crippen LogP contribution in [0, 0.1) is 10.1 Å². The van der Waals surface area contributed by atoms with E-state index >= 15 is 0 Å². The summed E-state index contributed by atoms with van der Waals surface area (Å²) in [6.07, 6.45) is 0. The van der Waals surface area contributed by atoms with Crippen LogP contribution < -0.4 is 10.1 Å².